The Labute approximate surface area is 180 Å². The average molecular weight is 420 g/mol. The van der Waals surface area contributed by atoms with E-state index in [2.05, 4.69) is 10.6 Å². The van der Waals surface area contributed by atoms with E-state index in [0.717, 1.165) is 5.56 Å². The molecular formula is C24H24N2O5. The number of nitrogens with one attached hydrogen (secondary N) is 2. The second kappa shape index (κ2) is 9.67. The highest BCUT2D eigenvalue weighted by molar-refractivity contribution is 6.08. The van der Waals surface area contributed by atoms with E-state index >= 15 is 0 Å². The lowest BCUT2D eigenvalue weighted by Crippen LogP contribution is -2.15. The van der Waals surface area contributed by atoms with Crippen molar-refractivity contribution in [3.05, 3.63) is 77.4 Å². The lowest BCUT2D eigenvalue weighted by atomic mass is 10.1. The molecule has 3 rings (SSSR count). The number of carbonyl (C=O) groups excluding carboxylic acids is 2. The van der Waals surface area contributed by atoms with Crippen molar-refractivity contribution in [2.75, 3.05) is 32.0 Å². The lowest BCUT2D eigenvalue weighted by Gasteiger charge is -2.14. The molecule has 2 N–H and O–H groups in total. The number of amides is 2. The fraction of sp³-hybridized carbons (Fsp3) is 0.167. The molecule has 31 heavy (non-hydrogen) atoms. The fourth-order valence-electron chi connectivity index (χ4n) is 3.05. The largest absolute Gasteiger partial charge is 0.497 e. The summed E-state index contributed by atoms with van der Waals surface area (Å²) in [7, 11) is 4.54. The molecule has 0 bridgehead atoms. The predicted molar refractivity (Wildman–Crippen MR) is 120 cm³/mol. The van der Waals surface area contributed by atoms with Gasteiger partial charge in [0.25, 0.3) is 11.8 Å². The Kier molecular flexibility index (Phi) is 6.77. The minimum atomic E-state index is -0.361. The summed E-state index contributed by atoms with van der Waals surface area (Å²) in [6, 6.07) is 17.2. The first-order valence-electron chi connectivity index (χ1n) is 9.54. The van der Waals surface area contributed by atoms with Crippen LogP contribution >= 0.6 is 0 Å². The first kappa shape index (κ1) is 21.7. The van der Waals surface area contributed by atoms with Gasteiger partial charge in [0.05, 0.1) is 32.6 Å². The minimum Gasteiger partial charge on any atom is -0.497 e. The van der Waals surface area contributed by atoms with Gasteiger partial charge < -0.3 is 24.8 Å². The Morgan fingerprint density at radius 3 is 2.19 bits per heavy atom. The van der Waals surface area contributed by atoms with Crippen LogP contribution in [-0.2, 0) is 0 Å². The molecule has 0 heterocycles. The van der Waals surface area contributed by atoms with Crippen LogP contribution in [0.15, 0.2) is 60.7 Å². The molecule has 3 aromatic carbocycles. The number of benzene rings is 3. The average Bonchev–Trinajstić information content (AvgIpc) is 2.78. The molecule has 160 valence electrons. The van der Waals surface area contributed by atoms with Gasteiger partial charge in [0, 0.05) is 17.3 Å². The van der Waals surface area contributed by atoms with E-state index in [-0.39, 0.29) is 11.8 Å². The Hall–Kier alpha value is -4.00. The molecule has 7 nitrogen and oxygen atoms in total. The van der Waals surface area contributed by atoms with Gasteiger partial charge in [-0.05, 0) is 49.4 Å². The summed E-state index contributed by atoms with van der Waals surface area (Å²) in [6.45, 7) is 1.92. The van der Waals surface area contributed by atoms with Crippen LogP contribution < -0.4 is 24.8 Å². The maximum Gasteiger partial charge on any atom is 0.259 e. The van der Waals surface area contributed by atoms with Gasteiger partial charge in [-0.3, -0.25) is 9.59 Å². The van der Waals surface area contributed by atoms with Gasteiger partial charge in [0.15, 0.2) is 0 Å². The van der Waals surface area contributed by atoms with Crippen LogP contribution in [0.1, 0.15) is 26.3 Å². The van der Waals surface area contributed by atoms with Crippen molar-refractivity contribution in [3.63, 3.8) is 0 Å². The van der Waals surface area contributed by atoms with Crippen LogP contribution in [0.3, 0.4) is 0 Å². The number of carbonyl (C=O) groups is 2. The van der Waals surface area contributed by atoms with Crippen LogP contribution in [-0.4, -0.2) is 33.1 Å². The van der Waals surface area contributed by atoms with E-state index in [1.807, 2.05) is 19.1 Å². The Morgan fingerprint density at radius 1 is 0.742 bits per heavy atom. The van der Waals surface area contributed by atoms with E-state index in [0.29, 0.717) is 39.8 Å². The van der Waals surface area contributed by atoms with Crippen LogP contribution in [0.2, 0.25) is 0 Å². The number of anilines is 2. The van der Waals surface area contributed by atoms with Gasteiger partial charge in [-0.2, -0.15) is 0 Å². The van der Waals surface area contributed by atoms with E-state index in [9.17, 15) is 9.59 Å². The Morgan fingerprint density at radius 2 is 1.52 bits per heavy atom. The van der Waals surface area contributed by atoms with Crippen LogP contribution in [0.25, 0.3) is 0 Å². The number of aryl methyl sites for hydroxylation is 1. The molecule has 0 radical (unpaired) electrons. The summed E-state index contributed by atoms with van der Waals surface area (Å²) < 4.78 is 15.8. The first-order valence-corrected chi connectivity index (χ1v) is 9.54. The normalized spacial score (nSPS) is 10.2. The number of hydrogen-bond donors (Lipinski definition) is 2. The third-order valence-corrected chi connectivity index (χ3v) is 4.64. The smallest absolute Gasteiger partial charge is 0.259 e. The van der Waals surface area contributed by atoms with Crippen molar-refractivity contribution in [2.45, 2.75) is 6.92 Å². The highest BCUT2D eigenvalue weighted by Gasteiger charge is 2.16. The van der Waals surface area contributed by atoms with Crippen molar-refractivity contribution < 1.29 is 23.8 Å². The summed E-state index contributed by atoms with van der Waals surface area (Å²) in [5.74, 6) is 0.807. The first-order chi connectivity index (χ1) is 14.9. The summed E-state index contributed by atoms with van der Waals surface area (Å²) in [6.07, 6.45) is 0. The maximum atomic E-state index is 12.8. The van der Waals surface area contributed by atoms with Gasteiger partial charge in [-0.1, -0.05) is 17.7 Å². The number of ether oxygens (including phenoxy) is 3. The molecule has 0 saturated heterocycles. The van der Waals surface area contributed by atoms with Gasteiger partial charge in [0.2, 0.25) is 0 Å². The fourth-order valence-corrected chi connectivity index (χ4v) is 3.05. The quantitative estimate of drug-likeness (QED) is 0.587. The Balaban J connectivity index is 1.83. The zero-order chi connectivity index (χ0) is 22.4. The van der Waals surface area contributed by atoms with E-state index < -0.39 is 0 Å². The molecule has 7 heteroatoms. The summed E-state index contributed by atoms with van der Waals surface area (Å²) in [4.78, 5) is 25.4. The minimum absolute atomic E-state index is 0.276. The zero-order valence-electron chi connectivity index (χ0n) is 17.8. The molecule has 0 saturated carbocycles. The lowest BCUT2D eigenvalue weighted by molar-refractivity contribution is 0.101. The zero-order valence-corrected chi connectivity index (χ0v) is 17.8. The van der Waals surface area contributed by atoms with Crippen molar-refractivity contribution in [1.29, 1.82) is 0 Å². The SMILES string of the molecule is COc1ccc(C(=O)Nc2ccc(OC)c(NC(=O)c3cccc(C)c3)c2)c(OC)c1. The van der Waals surface area contributed by atoms with Crippen molar-refractivity contribution >= 4 is 23.2 Å². The van der Waals surface area contributed by atoms with E-state index in [1.54, 1.807) is 55.6 Å². The highest BCUT2D eigenvalue weighted by Crippen LogP contribution is 2.30. The maximum absolute atomic E-state index is 12.8. The molecule has 0 atom stereocenters. The number of hydrogen-bond acceptors (Lipinski definition) is 5. The van der Waals surface area contributed by atoms with Gasteiger partial charge in [-0.25, -0.2) is 0 Å². The monoisotopic (exact) mass is 420 g/mol. The van der Waals surface area contributed by atoms with Gasteiger partial charge in [0.1, 0.15) is 17.2 Å². The predicted octanol–water partition coefficient (Wildman–Crippen LogP) is 4.53. The molecular weight excluding hydrogens is 396 g/mol. The van der Waals surface area contributed by atoms with Crippen molar-refractivity contribution in [3.8, 4) is 17.2 Å². The molecule has 0 aliphatic rings. The van der Waals surface area contributed by atoms with Gasteiger partial charge in [-0.15, -0.1) is 0 Å². The molecule has 2 amide bonds. The van der Waals surface area contributed by atoms with Gasteiger partial charge >= 0.3 is 0 Å². The van der Waals surface area contributed by atoms with Crippen molar-refractivity contribution in [1.82, 2.24) is 0 Å². The molecule has 0 spiro atoms. The van der Waals surface area contributed by atoms with Crippen LogP contribution in [0.5, 0.6) is 17.2 Å². The molecule has 0 aliphatic carbocycles. The summed E-state index contributed by atoms with van der Waals surface area (Å²) in [5, 5.41) is 5.66. The molecule has 3 aromatic rings. The summed E-state index contributed by atoms with van der Waals surface area (Å²) >= 11 is 0. The topological polar surface area (TPSA) is 85.9 Å². The molecule has 0 unspecified atom stereocenters. The molecule has 0 fully saturated rings. The standard InChI is InChI=1S/C24H24N2O5/c1-15-6-5-7-16(12-15)23(27)26-20-13-17(8-11-21(20)30-3)25-24(28)19-10-9-18(29-2)14-22(19)31-4/h5-14H,1-4H3,(H,25,28)(H,26,27). The Bertz CT molecular complexity index is 1110. The van der Waals surface area contributed by atoms with E-state index in [1.165, 1.54) is 14.2 Å². The second-order valence-electron chi connectivity index (χ2n) is 6.76. The van der Waals surface area contributed by atoms with Crippen LogP contribution in [0.4, 0.5) is 11.4 Å². The third-order valence-electron chi connectivity index (χ3n) is 4.64. The number of rotatable bonds is 7. The highest BCUT2D eigenvalue weighted by atomic mass is 16.5. The third kappa shape index (κ3) is 5.14. The summed E-state index contributed by atoms with van der Waals surface area (Å²) in [5.41, 5.74) is 2.79. The second-order valence-corrected chi connectivity index (χ2v) is 6.76. The van der Waals surface area contributed by atoms with Crippen molar-refractivity contribution in [2.24, 2.45) is 0 Å². The van der Waals surface area contributed by atoms with Crippen LogP contribution in [0, 0.1) is 6.92 Å². The van der Waals surface area contributed by atoms with E-state index in [4.69, 9.17) is 14.2 Å². The number of methoxy groups -OCH3 is 3. The molecule has 0 aromatic heterocycles. The molecule has 0 aliphatic heterocycles.